The van der Waals surface area contributed by atoms with Crippen molar-refractivity contribution < 1.29 is 9.90 Å². The van der Waals surface area contributed by atoms with Gasteiger partial charge in [0.1, 0.15) is 11.4 Å². The summed E-state index contributed by atoms with van der Waals surface area (Å²) in [5, 5.41) is 21.6. The molecule has 0 aliphatic rings. The number of carbonyl (C=O) groups is 1. The third kappa shape index (κ3) is 4.94. The quantitative estimate of drug-likeness (QED) is 0.404. The number of nitrogens with zero attached hydrogens (tertiary/aromatic N) is 3. The van der Waals surface area contributed by atoms with E-state index >= 15 is 0 Å². The molecule has 3 N–H and O–H groups in total. The predicted molar refractivity (Wildman–Crippen MR) is 116 cm³/mol. The van der Waals surface area contributed by atoms with Gasteiger partial charge in [0, 0.05) is 41.0 Å². The molecule has 8 heteroatoms. The lowest BCUT2D eigenvalue weighted by molar-refractivity contribution is 0.0950. The summed E-state index contributed by atoms with van der Waals surface area (Å²) in [6.45, 7) is 5.81. The van der Waals surface area contributed by atoms with E-state index in [4.69, 9.17) is 11.6 Å². The van der Waals surface area contributed by atoms with Crippen molar-refractivity contribution in [1.29, 1.82) is 0 Å². The fourth-order valence-electron chi connectivity index (χ4n) is 2.85. The van der Waals surface area contributed by atoms with E-state index in [2.05, 4.69) is 39.5 Å². The highest BCUT2D eigenvalue weighted by molar-refractivity contribution is 6.30. The molecule has 0 atom stereocenters. The SMILES string of the molecule is CCN(CC)c1ccc(/C=N/NC(=O)c2cc(-c3ccc(Cl)cc3)n[nH]2)c(O)c1. The van der Waals surface area contributed by atoms with Crippen LogP contribution in [-0.2, 0) is 0 Å². The number of aromatic hydroxyl groups is 1. The van der Waals surface area contributed by atoms with E-state index in [1.165, 1.54) is 6.21 Å². The number of hydrazone groups is 1. The number of H-pyrrole nitrogens is 1. The van der Waals surface area contributed by atoms with Crippen LogP contribution in [0.5, 0.6) is 5.75 Å². The van der Waals surface area contributed by atoms with Crippen molar-refractivity contribution in [2.24, 2.45) is 5.10 Å². The second-order valence-corrected chi connectivity index (χ2v) is 6.72. The second-order valence-electron chi connectivity index (χ2n) is 6.29. The minimum absolute atomic E-state index is 0.0963. The maximum absolute atomic E-state index is 12.3. The molecule has 0 fully saturated rings. The highest BCUT2D eigenvalue weighted by Crippen LogP contribution is 2.23. The number of aromatic nitrogens is 2. The van der Waals surface area contributed by atoms with Gasteiger partial charge in [0.05, 0.1) is 11.9 Å². The molecule has 2 aromatic carbocycles. The van der Waals surface area contributed by atoms with Crippen molar-refractivity contribution in [3.05, 3.63) is 64.8 Å². The number of anilines is 1. The topological polar surface area (TPSA) is 93.6 Å². The summed E-state index contributed by atoms with van der Waals surface area (Å²) in [6, 6.07) is 14.1. The third-order valence-corrected chi connectivity index (χ3v) is 4.73. The van der Waals surface area contributed by atoms with E-state index in [0.717, 1.165) is 24.3 Å². The normalized spacial score (nSPS) is 11.0. The summed E-state index contributed by atoms with van der Waals surface area (Å²) in [7, 11) is 0. The molecule has 0 aliphatic carbocycles. The summed E-state index contributed by atoms with van der Waals surface area (Å²) < 4.78 is 0. The van der Waals surface area contributed by atoms with Crippen molar-refractivity contribution >= 4 is 29.4 Å². The van der Waals surface area contributed by atoms with E-state index in [9.17, 15) is 9.90 Å². The molecular formula is C21H22ClN5O2. The molecule has 7 nitrogen and oxygen atoms in total. The highest BCUT2D eigenvalue weighted by atomic mass is 35.5. The van der Waals surface area contributed by atoms with Crippen LogP contribution < -0.4 is 10.3 Å². The Bertz CT molecular complexity index is 1010. The maximum Gasteiger partial charge on any atom is 0.289 e. The van der Waals surface area contributed by atoms with Crippen LogP contribution in [0.3, 0.4) is 0 Å². The van der Waals surface area contributed by atoms with Gasteiger partial charge in [0.15, 0.2) is 0 Å². The largest absolute Gasteiger partial charge is 0.507 e. The average molecular weight is 412 g/mol. The number of aromatic amines is 1. The zero-order valence-corrected chi connectivity index (χ0v) is 16.9. The minimum Gasteiger partial charge on any atom is -0.507 e. The van der Waals surface area contributed by atoms with Crippen LogP contribution >= 0.6 is 11.6 Å². The lowest BCUT2D eigenvalue weighted by Gasteiger charge is -2.21. The van der Waals surface area contributed by atoms with Gasteiger partial charge in [-0.1, -0.05) is 23.7 Å². The number of nitrogens with one attached hydrogen (secondary N) is 2. The molecule has 1 heterocycles. The summed E-state index contributed by atoms with van der Waals surface area (Å²) in [4.78, 5) is 14.4. The molecule has 150 valence electrons. The van der Waals surface area contributed by atoms with Gasteiger partial charge < -0.3 is 10.0 Å². The van der Waals surface area contributed by atoms with Crippen LogP contribution in [0.4, 0.5) is 5.69 Å². The van der Waals surface area contributed by atoms with Crippen LogP contribution in [0.15, 0.2) is 53.6 Å². The molecule has 1 aromatic heterocycles. The smallest absolute Gasteiger partial charge is 0.289 e. The van der Waals surface area contributed by atoms with Crippen molar-refractivity contribution in [3.8, 4) is 17.0 Å². The number of halogens is 1. The van der Waals surface area contributed by atoms with Gasteiger partial charge in [0.25, 0.3) is 5.91 Å². The lowest BCUT2D eigenvalue weighted by Crippen LogP contribution is -2.21. The molecule has 0 unspecified atom stereocenters. The van der Waals surface area contributed by atoms with E-state index in [1.807, 2.05) is 18.2 Å². The van der Waals surface area contributed by atoms with Crippen LogP contribution in [0.1, 0.15) is 29.9 Å². The highest BCUT2D eigenvalue weighted by Gasteiger charge is 2.11. The van der Waals surface area contributed by atoms with E-state index in [-0.39, 0.29) is 11.4 Å². The lowest BCUT2D eigenvalue weighted by atomic mass is 10.1. The van der Waals surface area contributed by atoms with Crippen molar-refractivity contribution in [3.63, 3.8) is 0 Å². The van der Waals surface area contributed by atoms with E-state index in [0.29, 0.717) is 16.3 Å². The van der Waals surface area contributed by atoms with Gasteiger partial charge in [-0.15, -0.1) is 0 Å². The molecular weight excluding hydrogens is 390 g/mol. The first kappa shape index (κ1) is 20.4. The first-order chi connectivity index (χ1) is 14.0. The number of phenols is 1. The Kier molecular flexibility index (Phi) is 6.51. The number of phenolic OH excluding ortho intramolecular Hbond substituents is 1. The Balaban J connectivity index is 1.65. The Morgan fingerprint density at radius 2 is 1.93 bits per heavy atom. The molecule has 0 radical (unpaired) electrons. The molecule has 29 heavy (non-hydrogen) atoms. The molecule has 3 rings (SSSR count). The van der Waals surface area contributed by atoms with E-state index in [1.54, 1.807) is 30.3 Å². The molecule has 0 saturated carbocycles. The van der Waals surface area contributed by atoms with Crippen molar-refractivity contribution in [1.82, 2.24) is 15.6 Å². The fourth-order valence-corrected chi connectivity index (χ4v) is 2.98. The van der Waals surface area contributed by atoms with Crippen LogP contribution in [0, 0.1) is 0 Å². The molecule has 3 aromatic rings. The Morgan fingerprint density at radius 1 is 1.21 bits per heavy atom. The van der Waals surface area contributed by atoms with Gasteiger partial charge in [0.2, 0.25) is 0 Å². The van der Waals surface area contributed by atoms with E-state index < -0.39 is 5.91 Å². The van der Waals surface area contributed by atoms with Crippen LogP contribution in [-0.4, -0.2) is 40.5 Å². The first-order valence-corrected chi connectivity index (χ1v) is 9.62. The van der Waals surface area contributed by atoms with Gasteiger partial charge in [-0.25, -0.2) is 5.43 Å². The average Bonchev–Trinajstić information content (AvgIpc) is 3.21. The van der Waals surface area contributed by atoms with Crippen LogP contribution in [0.25, 0.3) is 11.3 Å². The van der Waals surface area contributed by atoms with Crippen molar-refractivity contribution in [2.75, 3.05) is 18.0 Å². The number of amides is 1. The van der Waals surface area contributed by atoms with Crippen molar-refractivity contribution in [2.45, 2.75) is 13.8 Å². The number of carbonyl (C=O) groups excluding carboxylic acids is 1. The molecule has 0 saturated heterocycles. The number of rotatable bonds is 7. The molecule has 0 aliphatic heterocycles. The summed E-state index contributed by atoms with van der Waals surface area (Å²) in [5.74, 6) is -0.341. The fraction of sp³-hybridized carbons (Fsp3) is 0.190. The van der Waals surface area contributed by atoms with Gasteiger partial charge in [-0.05, 0) is 44.2 Å². The second kappa shape index (κ2) is 9.25. The van der Waals surface area contributed by atoms with Gasteiger partial charge in [-0.2, -0.15) is 10.2 Å². The summed E-state index contributed by atoms with van der Waals surface area (Å²) in [5.41, 5.74) is 5.60. The number of benzene rings is 2. The number of hydrogen-bond donors (Lipinski definition) is 3. The zero-order chi connectivity index (χ0) is 20.8. The Labute approximate surface area is 174 Å². The standard InChI is InChI=1S/C21H22ClN5O2/c1-3-27(4-2)17-10-7-15(20(28)11-17)13-23-26-21(29)19-12-18(24-25-19)14-5-8-16(22)9-6-14/h5-13,28H,3-4H2,1-2H3,(H,24,25)(H,26,29)/b23-13+. The molecule has 0 bridgehead atoms. The summed E-state index contributed by atoms with van der Waals surface area (Å²) in [6.07, 6.45) is 1.40. The first-order valence-electron chi connectivity index (χ1n) is 9.24. The number of hydrogen-bond acceptors (Lipinski definition) is 5. The molecule has 1 amide bonds. The molecule has 0 spiro atoms. The third-order valence-electron chi connectivity index (χ3n) is 4.47. The monoisotopic (exact) mass is 411 g/mol. The maximum atomic E-state index is 12.3. The van der Waals surface area contributed by atoms with Gasteiger partial charge in [-0.3, -0.25) is 9.89 Å². The summed E-state index contributed by atoms with van der Waals surface area (Å²) >= 11 is 5.88. The minimum atomic E-state index is -0.437. The Hall–Kier alpha value is -3.32. The predicted octanol–water partition coefficient (Wildman–Crippen LogP) is 4.05. The Morgan fingerprint density at radius 3 is 2.59 bits per heavy atom. The van der Waals surface area contributed by atoms with Crippen LogP contribution in [0.2, 0.25) is 5.02 Å². The van der Waals surface area contributed by atoms with Gasteiger partial charge >= 0.3 is 0 Å². The zero-order valence-electron chi connectivity index (χ0n) is 16.2.